The van der Waals surface area contributed by atoms with Crippen molar-refractivity contribution in [1.29, 1.82) is 0 Å². The molecule has 0 aliphatic heterocycles. The van der Waals surface area contributed by atoms with E-state index in [-0.39, 0.29) is 11.4 Å². The second-order valence-electron chi connectivity index (χ2n) is 4.22. The highest BCUT2D eigenvalue weighted by Crippen LogP contribution is 2.21. The smallest absolute Gasteiger partial charge is 0.242 e. The quantitative estimate of drug-likeness (QED) is 0.819. The first-order valence-electron chi connectivity index (χ1n) is 5.92. The zero-order chi connectivity index (χ0) is 15.5. The maximum absolute atomic E-state index is 12.1. The van der Waals surface area contributed by atoms with Gasteiger partial charge in [0, 0.05) is 33.5 Å². The molecule has 1 aromatic carbocycles. The zero-order valence-electron chi connectivity index (χ0n) is 10.7. The number of pyridine rings is 1. The Bertz CT molecular complexity index is 754. The molecule has 0 radical (unpaired) electrons. The van der Waals surface area contributed by atoms with Crippen LogP contribution in [0.3, 0.4) is 0 Å². The fraction of sp³-hybridized carbons (Fsp3) is 0.154. The van der Waals surface area contributed by atoms with Crippen LogP contribution in [0.2, 0.25) is 10.0 Å². The van der Waals surface area contributed by atoms with Crippen molar-refractivity contribution in [3.8, 4) is 0 Å². The summed E-state index contributed by atoms with van der Waals surface area (Å²) < 4.78 is 27.3. The predicted molar refractivity (Wildman–Crippen MR) is 87.3 cm³/mol. The Hall–Kier alpha value is -0.660. The van der Waals surface area contributed by atoms with Gasteiger partial charge < -0.3 is 0 Å². The van der Waals surface area contributed by atoms with E-state index in [1.165, 1.54) is 18.5 Å². The molecule has 0 amide bonds. The van der Waals surface area contributed by atoms with Crippen LogP contribution in [-0.4, -0.2) is 19.9 Å². The molecule has 0 saturated carbocycles. The van der Waals surface area contributed by atoms with Crippen LogP contribution in [0.4, 0.5) is 0 Å². The highest BCUT2D eigenvalue weighted by atomic mass is 79.9. The fourth-order valence-corrected chi connectivity index (χ4v) is 3.71. The standard InChI is InChI=1S/C13H11BrCl2N2O2S/c14-10-5-12(8-17-7-10)21(19,20)18-4-3-9-1-2-11(15)6-13(9)16/h1-2,5-8,18H,3-4H2. The third kappa shape index (κ3) is 4.66. The van der Waals surface area contributed by atoms with Gasteiger partial charge in [0.15, 0.2) is 0 Å². The van der Waals surface area contributed by atoms with Gasteiger partial charge >= 0.3 is 0 Å². The van der Waals surface area contributed by atoms with Crippen molar-refractivity contribution >= 4 is 49.2 Å². The summed E-state index contributed by atoms with van der Waals surface area (Å²) in [5, 5.41) is 1.07. The summed E-state index contributed by atoms with van der Waals surface area (Å²) in [6.45, 7) is 0.232. The van der Waals surface area contributed by atoms with E-state index in [2.05, 4.69) is 25.6 Å². The van der Waals surface area contributed by atoms with Gasteiger partial charge in [-0.15, -0.1) is 0 Å². The van der Waals surface area contributed by atoms with E-state index >= 15 is 0 Å². The second-order valence-corrected chi connectivity index (χ2v) is 7.75. The number of hydrogen-bond donors (Lipinski definition) is 1. The minimum Gasteiger partial charge on any atom is -0.262 e. The van der Waals surface area contributed by atoms with Crippen molar-refractivity contribution in [2.45, 2.75) is 11.3 Å². The maximum Gasteiger partial charge on any atom is 0.242 e. The summed E-state index contributed by atoms with van der Waals surface area (Å²) in [5.41, 5.74) is 0.830. The van der Waals surface area contributed by atoms with Crippen LogP contribution in [0.15, 0.2) is 46.0 Å². The molecule has 112 valence electrons. The van der Waals surface area contributed by atoms with Crippen molar-refractivity contribution in [2.75, 3.05) is 6.54 Å². The summed E-state index contributed by atoms with van der Waals surface area (Å²) in [6.07, 6.45) is 3.28. The molecule has 1 heterocycles. The first-order chi connectivity index (χ1) is 9.88. The van der Waals surface area contributed by atoms with E-state index in [9.17, 15) is 8.42 Å². The van der Waals surface area contributed by atoms with Crippen LogP contribution in [0.1, 0.15) is 5.56 Å². The van der Waals surface area contributed by atoms with Crippen molar-refractivity contribution in [1.82, 2.24) is 9.71 Å². The predicted octanol–water partition coefficient (Wildman–Crippen LogP) is 3.67. The topological polar surface area (TPSA) is 59.1 Å². The van der Waals surface area contributed by atoms with Gasteiger partial charge in [-0.25, -0.2) is 13.1 Å². The van der Waals surface area contributed by atoms with Crippen molar-refractivity contribution in [2.24, 2.45) is 0 Å². The summed E-state index contributed by atoms with van der Waals surface area (Å²) >= 11 is 15.0. The molecule has 4 nitrogen and oxygen atoms in total. The Morgan fingerprint density at radius 2 is 1.95 bits per heavy atom. The summed E-state index contributed by atoms with van der Waals surface area (Å²) in [6, 6.07) is 6.62. The highest BCUT2D eigenvalue weighted by Gasteiger charge is 2.14. The highest BCUT2D eigenvalue weighted by molar-refractivity contribution is 9.10. The van der Waals surface area contributed by atoms with E-state index in [0.717, 1.165) is 5.56 Å². The lowest BCUT2D eigenvalue weighted by Gasteiger charge is -2.08. The maximum atomic E-state index is 12.1. The minimum absolute atomic E-state index is 0.110. The van der Waals surface area contributed by atoms with Crippen LogP contribution in [-0.2, 0) is 16.4 Å². The average Bonchev–Trinajstić information content (AvgIpc) is 2.41. The Balaban J connectivity index is 2.02. The number of sulfonamides is 1. The molecular weight excluding hydrogens is 399 g/mol. The first kappa shape index (κ1) is 16.7. The Morgan fingerprint density at radius 3 is 2.62 bits per heavy atom. The molecule has 1 aromatic heterocycles. The van der Waals surface area contributed by atoms with Gasteiger partial charge in [0.25, 0.3) is 0 Å². The Kier molecular flexibility index (Phi) is 5.62. The lowest BCUT2D eigenvalue weighted by Crippen LogP contribution is -2.26. The average molecular weight is 410 g/mol. The number of halogens is 3. The number of nitrogens with zero attached hydrogens (tertiary/aromatic N) is 1. The molecule has 0 atom stereocenters. The minimum atomic E-state index is -3.59. The summed E-state index contributed by atoms with van der Waals surface area (Å²) in [4.78, 5) is 3.95. The molecule has 0 aliphatic carbocycles. The van der Waals surface area contributed by atoms with Crippen LogP contribution < -0.4 is 4.72 Å². The van der Waals surface area contributed by atoms with Gasteiger partial charge in [-0.1, -0.05) is 29.3 Å². The van der Waals surface area contributed by atoms with Gasteiger partial charge in [0.2, 0.25) is 10.0 Å². The van der Waals surface area contributed by atoms with E-state index in [0.29, 0.717) is 20.9 Å². The van der Waals surface area contributed by atoms with Crippen molar-refractivity contribution in [3.63, 3.8) is 0 Å². The molecule has 8 heteroatoms. The largest absolute Gasteiger partial charge is 0.262 e. The van der Waals surface area contributed by atoms with E-state index in [1.807, 2.05) is 0 Å². The molecular formula is C13H11BrCl2N2O2S. The monoisotopic (exact) mass is 408 g/mol. The SMILES string of the molecule is O=S(=O)(NCCc1ccc(Cl)cc1Cl)c1cncc(Br)c1. The van der Waals surface area contributed by atoms with Gasteiger partial charge in [0.05, 0.1) is 0 Å². The van der Waals surface area contributed by atoms with E-state index in [4.69, 9.17) is 23.2 Å². The van der Waals surface area contributed by atoms with Gasteiger partial charge in [-0.3, -0.25) is 4.98 Å². The first-order valence-corrected chi connectivity index (χ1v) is 8.96. The van der Waals surface area contributed by atoms with Crippen LogP contribution >= 0.6 is 39.1 Å². The van der Waals surface area contributed by atoms with E-state index in [1.54, 1.807) is 18.2 Å². The lowest BCUT2D eigenvalue weighted by molar-refractivity contribution is 0.581. The molecule has 0 spiro atoms. The number of nitrogens with one attached hydrogen (secondary N) is 1. The van der Waals surface area contributed by atoms with Crippen molar-refractivity contribution < 1.29 is 8.42 Å². The van der Waals surface area contributed by atoms with Crippen LogP contribution in [0, 0.1) is 0 Å². The van der Waals surface area contributed by atoms with Crippen LogP contribution in [0.5, 0.6) is 0 Å². The molecule has 0 bridgehead atoms. The van der Waals surface area contributed by atoms with Crippen molar-refractivity contribution in [3.05, 3.63) is 56.7 Å². The molecule has 0 aliphatic rings. The van der Waals surface area contributed by atoms with Gasteiger partial charge in [0.1, 0.15) is 4.90 Å². The Morgan fingerprint density at radius 1 is 1.19 bits per heavy atom. The normalized spacial score (nSPS) is 11.6. The molecule has 0 fully saturated rings. The lowest BCUT2D eigenvalue weighted by atomic mass is 10.1. The summed E-state index contributed by atoms with van der Waals surface area (Å²) in [7, 11) is -3.59. The number of hydrogen-bond acceptors (Lipinski definition) is 3. The molecule has 1 N–H and O–H groups in total. The Labute approximate surface area is 141 Å². The molecule has 0 unspecified atom stereocenters. The van der Waals surface area contributed by atoms with Gasteiger partial charge in [-0.05, 0) is 46.1 Å². The number of aromatic nitrogens is 1. The number of benzene rings is 1. The zero-order valence-corrected chi connectivity index (χ0v) is 14.6. The molecule has 2 rings (SSSR count). The molecule has 0 saturated heterocycles. The fourth-order valence-electron chi connectivity index (χ4n) is 1.67. The third-order valence-electron chi connectivity index (χ3n) is 2.69. The summed E-state index contributed by atoms with van der Waals surface area (Å²) in [5.74, 6) is 0. The third-order valence-corrected chi connectivity index (χ3v) is 5.14. The second kappa shape index (κ2) is 7.07. The molecule has 21 heavy (non-hydrogen) atoms. The van der Waals surface area contributed by atoms with Gasteiger partial charge in [-0.2, -0.15) is 0 Å². The molecule has 2 aromatic rings. The number of rotatable bonds is 5. The van der Waals surface area contributed by atoms with E-state index < -0.39 is 10.0 Å². The van der Waals surface area contributed by atoms with Crippen LogP contribution in [0.25, 0.3) is 0 Å².